The molecule has 8 aromatic rings. The van der Waals surface area contributed by atoms with Crippen LogP contribution >= 0.6 is 0 Å². The van der Waals surface area contributed by atoms with Crippen LogP contribution in [-0.2, 0) is 10.8 Å². The van der Waals surface area contributed by atoms with Gasteiger partial charge in [0.2, 0.25) is 0 Å². The molecule has 0 heterocycles. The zero-order valence-corrected chi connectivity index (χ0v) is 32.5. The van der Waals surface area contributed by atoms with Crippen molar-refractivity contribution in [3.63, 3.8) is 0 Å². The van der Waals surface area contributed by atoms with Gasteiger partial charge in [-0.15, -0.1) is 0 Å². The molecule has 266 valence electrons. The molecule has 0 amide bonds. The van der Waals surface area contributed by atoms with Crippen molar-refractivity contribution in [2.45, 2.75) is 52.4 Å². The molecular formula is C54H45N. The molecule has 8 aromatic carbocycles. The lowest BCUT2D eigenvalue weighted by Crippen LogP contribution is -2.18. The predicted octanol–water partition coefficient (Wildman–Crippen LogP) is 14.9. The van der Waals surface area contributed by atoms with Crippen molar-refractivity contribution in [3.05, 3.63) is 197 Å². The fourth-order valence-corrected chi connectivity index (χ4v) is 9.88. The third-order valence-electron chi connectivity index (χ3n) is 12.7. The van der Waals surface area contributed by atoms with Crippen LogP contribution in [0.25, 0.3) is 55.3 Å². The van der Waals surface area contributed by atoms with Crippen molar-refractivity contribution in [1.82, 2.24) is 0 Å². The largest absolute Gasteiger partial charge is 0.309 e. The van der Waals surface area contributed by atoms with E-state index in [0.29, 0.717) is 0 Å². The number of benzene rings is 8. The molecule has 1 heteroatoms. The van der Waals surface area contributed by atoms with Gasteiger partial charge in [-0.25, -0.2) is 0 Å². The molecule has 0 unspecified atom stereocenters. The van der Waals surface area contributed by atoms with Crippen LogP contribution in [0.2, 0.25) is 0 Å². The number of hydrogen-bond donors (Lipinski definition) is 0. The molecule has 0 aromatic heterocycles. The lowest BCUT2D eigenvalue weighted by Gasteiger charge is -2.32. The number of fused-ring (bicyclic) bond motifs is 7. The van der Waals surface area contributed by atoms with Crippen LogP contribution in [-0.4, -0.2) is 0 Å². The normalized spacial score (nSPS) is 14.3. The molecule has 1 nitrogen and oxygen atoms in total. The lowest BCUT2D eigenvalue weighted by atomic mass is 9.82. The second-order valence-electron chi connectivity index (χ2n) is 16.7. The van der Waals surface area contributed by atoms with Crippen molar-refractivity contribution < 1.29 is 0 Å². The van der Waals surface area contributed by atoms with E-state index in [1.165, 1.54) is 106 Å². The molecule has 0 atom stereocenters. The van der Waals surface area contributed by atoms with Crippen LogP contribution in [0, 0.1) is 13.8 Å². The highest BCUT2D eigenvalue weighted by molar-refractivity contribution is 6.00. The maximum absolute atomic E-state index is 2.57. The lowest BCUT2D eigenvalue weighted by molar-refractivity contribution is 0.660. The van der Waals surface area contributed by atoms with Crippen molar-refractivity contribution in [2.24, 2.45) is 0 Å². The van der Waals surface area contributed by atoms with Gasteiger partial charge in [-0.1, -0.05) is 155 Å². The second-order valence-corrected chi connectivity index (χ2v) is 16.7. The number of hydrogen-bond acceptors (Lipinski definition) is 1. The number of anilines is 3. The SMILES string of the molecule is Cc1cccc(C)c1-c1cc(-c2ccc3ccccc3c2)ccc1N(c1ccc2c(c1)C(C)(C)c1ccccc1-2)c1cccc2c1-c1ccccc1C2(C)C. The monoisotopic (exact) mass is 707 g/mol. The van der Waals surface area contributed by atoms with E-state index >= 15 is 0 Å². The van der Waals surface area contributed by atoms with Gasteiger partial charge in [0.05, 0.1) is 11.4 Å². The molecule has 2 aliphatic carbocycles. The van der Waals surface area contributed by atoms with Crippen molar-refractivity contribution >= 4 is 27.8 Å². The van der Waals surface area contributed by atoms with Crippen LogP contribution in [0.15, 0.2) is 164 Å². The third kappa shape index (κ3) is 4.99. The number of rotatable bonds is 5. The minimum absolute atomic E-state index is 0.120. The molecular weight excluding hydrogens is 663 g/mol. The summed E-state index contributed by atoms with van der Waals surface area (Å²) < 4.78 is 0. The Morgan fingerprint density at radius 1 is 0.364 bits per heavy atom. The Morgan fingerprint density at radius 2 is 0.945 bits per heavy atom. The van der Waals surface area contributed by atoms with Gasteiger partial charge in [-0.05, 0) is 128 Å². The van der Waals surface area contributed by atoms with Gasteiger partial charge in [0, 0.05) is 27.6 Å². The van der Waals surface area contributed by atoms with E-state index in [4.69, 9.17) is 0 Å². The topological polar surface area (TPSA) is 3.24 Å². The van der Waals surface area contributed by atoms with Gasteiger partial charge in [-0.3, -0.25) is 0 Å². The van der Waals surface area contributed by atoms with Gasteiger partial charge < -0.3 is 4.90 Å². The maximum Gasteiger partial charge on any atom is 0.0543 e. The highest BCUT2D eigenvalue weighted by atomic mass is 15.1. The Morgan fingerprint density at radius 3 is 1.73 bits per heavy atom. The summed E-state index contributed by atoms with van der Waals surface area (Å²) in [4.78, 5) is 2.57. The quantitative estimate of drug-likeness (QED) is 0.172. The summed E-state index contributed by atoms with van der Waals surface area (Å²) >= 11 is 0. The highest BCUT2D eigenvalue weighted by Crippen LogP contribution is 2.57. The second kappa shape index (κ2) is 12.2. The van der Waals surface area contributed by atoms with E-state index < -0.39 is 0 Å². The van der Waals surface area contributed by atoms with E-state index in [-0.39, 0.29) is 10.8 Å². The fraction of sp³-hybridized carbons (Fsp3) is 0.148. The molecule has 0 aliphatic heterocycles. The third-order valence-corrected chi connectivity index (χ3v) is 12.7. The molecule has 0 saturated heterocycles. The minimum atomic E-state index is -0.129. The van der Waals surface area contributed by atoms with E-state index in [0.717, 1.165) is 0 Å². The van der Waals surface area contributed by atoms with Gasteiger partial charge in [0.15, 0.2) is 0 Å². The standard InChI is InChI=1S/C54H45N/c1-34-15-13-16-35(2)51(34)44-32-39(38-26-25-36-17-7-8-18-37(36)31-38)27-30-49(44)55(40-28-29-42-41-19-9-11-21-45(41)54(5,6)48(42)33-40)50-24-14-23-47-52(50)43-20-10-12-22-46(43)53(47,3)4/h7-33H,1-6H3. The van der Waals surface area contributed by atoms with Crippen molar-refractivity contribution in [2.75, 3.05) is 4.90 Å². The van der Waals surface area contributed by atoms with Crippen LogP contribution in [0.3, 0.4) is 0 Å². The Kier molecular flexibility index (Phi) is 7.39. The molecule has 0 radical (unpaired) electrons. The summed E-state index contributed by atoms with van der Waals surface area (Å²) in [5, 5.41) is 2.51. The van der Waals surface area contributed by atoms with Crippen LogP contribution in [0.1, 0.15) is 61.1 Å². The first-order chi connectivity index (χ1) is 26.6. The zero-order chi connectivity index (χ0) is 37.6. The zero-order valence-electron chi connectivity index (χ0n) is 32.5. The Hall–Kier alpha value is -6.18. The first-order valence-corrected chi connectivity index (χ1v) is 19.6. The van der Waals surface area contributed by atoms with E-state index in [1.807, 2.05) is 0 Å². The summed E-state index contributed by atoms with van der Waals surface area (Å²) in [5.41, 5.74) is 21.6. The molecule has 0 bridgehead atoms. The van der Waals surface area contributed by atoms with Crippen LogP contribution in [0.4, 0.5) is 17.1 Å². The number of nitrogens with zero attached hydrogens (tertiary/aromatic N) is 1. The molecule has 55 heavy (non-hydrogen) atoms. The fourth-order valence-electron chi connectivity index (χ4n) is 9.88. The van der Waals surface area contributed by atoms with E-state index in [1.54, 1.807) is 0 Å². The maximum atomic E-state index is 2.57. The summed E-state index contributed by atoms with van der Waals surface area (Å²) in [6, 6.07) is 61.5. The minimum Gasteiger partial charge on any atom is -0.309 e. The predicted molar refractivity (Wildman–Crippen MR) is 234 cm³/mol. The first kappa shape index (κ1) is 33.4. The van der Waals surface area contributed by atoms with Gasteiger partial charge >= 0.3 is 0 Å². The molecule has 0 fully saturated rings. The number of aryl methyl sites for hydroxylation is 2. The smallest absolute Gasteiger partial charge is 0.0543 e. The first-order valence-electron chi connectivity index (χ1n) is 19.6. The molecule has 0 saturated carbocycles. The summed E-state index contributed by atoms with van der Waals surface area (Å²) in [5.74, 6) is 0. The van der Waals surface area contributed by atoms with E-state index in [9.17, 15) is 0 Å². The Labute approximate surface area is 325 Å². The average Bonchev–Trinajstić information content (AvgIpc) is 3.58. The molecule has 2 aliphatic rings. The highest BCUT2D eigenvalue weighted by Gasteiger charge is 2.39. The van der Waals surface area contributed by atoms with Gasteiger partial charge in [-0.2, -0.15) is 0 Å². The van der Waals surface area contributed by atoms with Crippen molar-refractivity contribution in [1.29, 1.82) is 0 Å². The molecule has 0 spiro atoms. The summed E-state index contributed by atoms with van der Waals surface area (Å²) in [6.45, 7) is 14.0. The summed E-state index contributed by atoms with van der Waals surface area (Å²) in [7, 11) is 0. The van der Waals surface area contributed by atoms with Gasteiger partial charge in [0.25, 0.3) is 0 Å². The van der Waals surface area contributed by atoms with Crippen LogP contribution < -0.4 is 4.90 Å². The average molecular weight is 708 g/mol. The Bertz CT molecular complexity index is 2830. The van der Waals surface area contributed by atoms with E-state index in [2.05, 4.69) is 210 Å². The van der Waals surface area contributed by atoms with Crippen molar-refractivity contribution in [3.8, 4) is 44.5 Å². The molecule has 10 rings (SSSR count). The Balaban J connectivity index is 1.28. The molecule has 0 N–H and O–H groups in total. The van der Waals surface area contributed by atoms with Crippen LogP contribution in [0.5, 0.6) is 0 Å². The van der Waals surface area contributed by atoms with Gasteiger partial charge in [0.1, 0.15) is 0 Å². The summed E-state index contributed by atoms with van der Waals surface area (Å²) in [6.07, 6.45) is 0.